The summed E-state index contributed by atoms with van der Waals surface area (Å²) in [6, 6.07) is 2.02. The molecular weight excluding hydrogens is 228 g/mol. The second-order valence-corrected chi connectivity index (χ2v) is 5.91. The maximum Gasteiger partial charge on any atom is 0.244 e. The van der Waals surface area contributed by atoms with E-state index in [1.165, 1.54) is 6.20 Å². The Morgan fingerprint density at radius 1 is 1.62 bits per heavy atom. The van der Waals surface area contributed by atoms with Crippen molar-refractivity contribution in [2.24, 2.45) is 5.41 Å². The fourth-order valence-corrected chi connectivity index (χ4v) is 2.35. The number of hydrogen-bond donors (Lipinski definition) is 2. The Kier molecular flexibility index (Phi) is 3.35. The Hall–Kier alpha value is -1.39. The Labute approximate surface area is 94.7 Å². The van der Waals surface area contributed by atoms with Crippen LogP contribution in [0.3, 0.4) is 0 Å². The molecule has 0 spiro atoms. The minimum absolute atomic E-state index is 0.0659. The molecule has 0 radical (unpaired) electrons. The molecule has 0 aliphatic heterocycles. The molecule has 16 heavy (non-hydrogen) atoms. The number of sulfonamides is 1. The molecule has 0 saturated heterocycles. The van der Waals surface area contributed by atoms with E-state index in [0.717, 1.165) is 0 Å². The first-order chi connectivity index (χ1) is 7.28. The van der Waals surface area contributed by atoms with Crippen molar-refractivity contribution in [1.82, 2.24) is 14.9 Å². The highest BCUT2D eigenvalue weighted by Crippen LogP contribution is 2.15. The summed E-state index contributed by atoms with van der Waals surface area (Å²) in [5.41, 5.74) is -0.257. The normalized spacial score (nSPS) is 12.4. The van der Waals surface area contributed by atoms with Gasteiger partial charge in [0.15, 0.2) is 0 Å². The van der Waals surface area contributed by atoms with E-state index in [0.29, 0.717) is 5.69 Å². The summed E-state index contributed by atoms with van der Waals surface area (Å²) in [4.78, 5) is 0.112. The van der Waals surface area contributed by atoms with Gasteiger partial charge >= 0.3 is 0 Å². The van der Waals surface area contributed by atoms with E-state index in [-0.39, 0.29) is 11.4 Å². The van der Waals surface area contributed by atoms with Crippen molar-refractivity contribution >= 4 is 10.0 Å². The van der Waals surface area contributed by atoms with Crippen molar-refractivity contribution < 1.29 is 8.42 Å². The molecule has 1 aromatic rings. The average molecular weight is 242 g/mol. The molecule has 1 aromatic heterocycles. The van der Waals surface area contributed by atoms with Crippen LogP contribution in [0, 0.1) is 23.7 Å². The monoisotopic (exact) mass is 242 g/mol. The van der Waals surface area contributed by atoms with Gasteiger partial charge in [-0.25, -0.2) is 13.1 Å². The molecule has 88 valence electrons. The van der Waals surface area contributed by atoms with Gasteiger partial charge in [-0.05, 0) is 20.8 Å². The number of nitrogens with one attached hydrogen (secondary N) is 2. The van der Waals surface area contributed by atoms with Crippen LogP contribution in [0.25, 0.3) is 0 Å². The van der Waals surface area contributed by atoms with Gasteiger partial charge < -0.3 is 0 Å². The van der Waals surface area contributed by atoms with Crippen molar-refractivity contribution in [2.75, 3.05) is 6.54 Å². The van der Waals surface area contributed by atoms with Crippen LogP contribution < -0.4 is 4.72 Å². The van der Waals surface area contributed by atoms with Crippen LogP contribution in [-0.4, -0.2) is 25.2 Å². The largest absolute Gasteiger partial charge is 0.281 e. The van der Waals surface area contributed by atoms with E-state index in [1.807, 2.05) is 6.07 Å². The van der Waals surface area contributed by atoms with Crippen LogP contribution in [-0.2, 0) is 10.0 Å². The molecule has 0 atom stereocenters. The third kappa shape index (κ3) is 2.81. The third-order valence-corrected chi connectivity index (χ3v) is 3.59. The van der Waals surface area contributed by atoms with Gasteiger partial charge in [-0.1, -0.05) is 0 Å². The van der Waals surface area contributed by atoms with Crippen LogP contribution in [0.1, 0.15) is 19.5 Å². The second-order valence-electron chi connectivity index (χ2n) is 4.18. The highest BCUT2D eigenvalue weighted by atomic mass is 32.2. The standard InChI is InChI=1S/C9H14N4O2S/c1-7-8(4-11-13-7)16(14,15)12-6-9(2,3)5-10/h4,12H,6H2,1-3H3,(H,11,13). The van der Waals surface area contributed by atoms with Gasteiger partial charge in [0.1, 0.15) is 4.90 Å². The maximum atomic E-state index is 11.8. The topological polar surface area (TPSA) is 98.6 Å². The zero-order chi connectivity index (χ0) is 12.4. The van der Waals surface area contributed by atoms with E-state index in [2.05, 4.69) is 14.9 Å². The Morgan fingerprint density at radius 2 is 2.25 bits per heavy atom. The van der Waals surface area contributed by atoms with E-state index in [4.69, 9.17) is 5.26 Å². The lowest BCUT2D eigenvalue weighted by Gasteiger charge is -2.15. The maximum absolute atomic E-state index is 11.8. The van der Waals surface area contributed by atoms with Crippen LogP contribution >= 0.6 is 0 Å². The number of aryl methyl sites for hydroxylation is 1. The SMILES string of the molecule is Cc1[nH]ncc1S(=O)(=O)NCC(C)(C)C#N. The lowest BCUT2D eigenvalue weighted by molar-refractivity contribution is 0.478. The molecule has 0 unspecified atom stereocenters. The van der Waals surface area contributed by atoms with Gasteiger partial charge in [0.05, 0.1) is 23.4 Å². The van der Waals surface area contributed by atoms with E-state index >= 15 is 0 Å². The van der Waals surface area contributed by atoms with Crippen molar-refractivity contribution in [3.63, 3.8) is 0 Å². The summed E-state index contributed by atoms with van der Waals surface area (Å²) < 4.78 is 26.0. The molecule has 0 aliphatic carbocycles. The first-order valence-corrected chi connectivity index (χ1v) is 6.18. The zero-order valence-corrected chi connectivity index (χ0v) is 10.2. The molecule has 0 amide bonds. The van der Waals surface area contributed by atoms with Gasteiger partial charge in [-0.3, -0.25) is 5.10 Å². The lowest BCUT2D eigenvalue weighted by atomic mass is 9.97. The number of nitriles is 1. The van der Waals surface area contributed by atoms with Gasteiger partial charge in [0, 0.05) is 6.54 Å². The molecule has 1 rings (SSSR count). The number of H-pyrrole nitrogens is 1. The predicted molar refractivity (Wildman–Crippen MR) is 57.9 cm³/mol. The fraction of sp³-hybridized carbons (Fsp3) is 0.556. The summed E-state index contributed by atoms with van der Waals surface area (Å²) in [5, 5.41) is 15.0. The van der Waals surface area contributed by atoms with Crippen LogP contribution in [0.15, 0.2) is 11.1 Å². The van der Waals surface area contributed by atoms with E-state index < -0.39 is 15.4 Å². The minimum atomic E-state index is -3.59. The Bertz CT molecular complexity index is 510. The first-order valence-electron chi connectivity index (χ1n) is 4.69. The molecule has 0 fully saturated rings. The van der Waals surface area contributed by atoms with Crippen molar-refractivity contribution in [1.29, 1.82) is 5.26 Å². The van der Waals surface area contributed by atoms with Crippen LogP contribution in [0.5, 0.6) is 0 Å². The van der Waals surface area contributed by atoms with Crippen molar-refractivity contribution in [2.45, 2.75) is 25.7 Å². The highest BCUT2D eigenvalue weighted by molar-refractivity contribution is 7.89. The molecule has 0 saturated carbocycles. The molecule has 1 heterocycles. The quantitative estimate of drug-likeness (QED) is 0.805. The molecule has 6 nitrogen and oxygen atoms in total. The molecule has 7 heteroatoms. The van der Waals surface area contributed by atoms with Crippen LogP contribution in [0.4, 0.5) is 0 Å². The number of aromatic nitrogens is 2. The summed E-state index contributed by atoms with van der Waals surface area (Å²) in [5.74, 6) is 0. The highest BCUT2D eigenvalue weighted by Gasteiger charge is 2.23. The van der Waals surface area contributed by atoms with Gasteiger partial charge in [0.2, 0.25) is 10.0 Å². The van der Waals surface area contributed by atoms with E-state index in [1.54, 1.807) is 20.8 Å². The fourth-order valence-electron chi connectivity index (χ4n) is 1.00. The van der Waals surface area contributed by atoms with Crippen molar-refractivity contribution in [3.8, 4) is 6.07 Å². The first kappa shape index (κ1) is 12.7. The molecule has 0 aliphatic rings. The molecule has 0 bridgehead atoms. The summed E-state index contributed by atoms with van der Waals surface area (Å²) in [7, 11) is -3.59. The van der Waals surface area contributed by atoms with Crippen molar-refractivity contribution in [3.05, 3.63) is 11.9 Å². The Balaban J connectivity index is 2.84. The number of nitrogens with zero attached hydrogens (tertiary/aromatic N) is 2. The second kappa shape index (κ2) is 4.23. The summed E-state index contributed by atoms with van der Waals surface area (Å²) >= 11 is 0. The molecule has 2 N–H and O–H groups in total. The summed E-state index contributed by atoms with van der Waals surface area (Å²) in [6.07, 6.45) is 1.25. The Morgan fingerprint density at radius 3 is 2.69 bits per heavy atom. The minimum Gasteiger partial charge on any atom is -0.281 e. The summed E-state index contributed by atoms with van der Waals surface area (Å²) in [6.45, 7) is 5.02. The number of hydrogen-bond acceptors (Lipinski definition) is 4. The van der Waals surface area contributed by atoms with Gasteiger partial charge in [-0.15, -0.1) is 0 Å². The zero-order valence-electron chi connectivity index (χ0n) is 9.40. The van der Waals surface area contributed by atoms with Crippen LogP contribution in [0.2, 0.25) is 0 Å². The molecular formula is C9H14N4O2S. The lowest BCUT2D eigenvalue weighted by Crippen LogP contribution is -2.33. The average Bonchev–Trinajstić information content (AvgIpc) is 2.63. The molecule has 0 aromatic carbocycles. The third-order valence-electron chi connectivity index (χ3n) is 2.08. The van der Waals surface area contributed by atoms with Gasteiger partial charge in [-0.2, -0.15) is 10.4 Å². The smallest absolute Gasteiger partial charge is 0.244 e. The van der Waals surface area contributed by atoms with Gasteiger partial charge in [0.25, 0.3) is 0 Å². The number of rotatable bonds is 4. The number of aromatic amines is 1. The van der Waals surface area contributed by atoms with E-state index in [9.17, 15) is 8.42 Å². The predicted octanol–water partition coefficient (Wildman–Crippen LogP) is 0.546.